The summed E-state index contributed by atoms with van der Waals surface area (Å²) in [4.78, 5) is 12.1. The first kappa shape index (κ1) is 22.8. The summed E-state index contributed by atoms with van der Waals surface area (Å²) in [6.45, 7) is 3.09. The number of alkyl halides is 3. The molecule has 2 bridgehead atoms. The van der Waals surface area contributed by atoms with Gasteiger partial charge < -0.3 is 18.8 Å². The molecule has 7 nitrogen and oxygen atoms in total. The molecule has 2 heterocycles. The molecule has 0 saturated carbocycles. The lowest BCUT2D eigenvalue weighted by atomic mass is 9.84. The lowest BCUT2D eigenvalue weighted by molar-refractivity contribution is -0.275. The van der Waals surface area contributed by atoms with Gasteiger partial charge in [-0.3, -0.25) is 0 Å². The first-order valence-electron chi connectivity index (χ1n) is 8.89. The monoisotopic (exact) mass is 467 g/mol. The summed E-state index contributed by atoms with van der Waals surface area (Å²) in [6, 6.07) is 2.98. The molecule has 3 rings (SSSR count). The molecule has 2 aliphatic rings. The lowest BCUT2D eigenvalue weighted by Crippen LogP contribution is -2.42. The van der Waals surface area contributed by atoms with Crippen LogP contribution in [0.3, 0.4) is 0 Å². The third-order valence-electron chi connectivity index (χ3n) is 4.82. The van der Waals surface area contributed by atoms with E-state index in [1.54, 1.807) is 17.8 Å². The number of halogens is 3. The Morgan fingerprint density at radius 3 is 2.60 bits per heavy atom. The summed E-state index contributed by atoms with van der Waals surface area (Å²) in [6.07, 6.45) is -1.05. The van der Waals surface area contributed by atoms with Crippen molar-refractivity contribution in [2.45, 2.75) is 41.7 Å². The van der Waals surface area contributed by atoms with Crippen molar-refractivity contribution in [3.63, 3.8) is 0 Å². The molecule has 2 aliphatic heterocycles. The molecule has 1 aromatic rings. The minimum Gasteiger partial charge on any atom is -0.748 e. The fourth-order valence-corrected chi connectivity index (χ4v) is 5.64. The second-order valence-corrected chi connectivity index (χ2v) is 9.93. The van der Waals surface area contributed by atoms with Crippen molar-refractivity contribution in [3.8, 4) is 11.5 Å². The summed E-state index contributed by atoms with van der Waals surface area (Å²) in [5, 5.41) is 0.318. The SMILES string of the molecule is C=CC1(Oc2cc(C(=O)OCCS(=O)(=O)[O-])ccc2OC(F)(F)F)CC2CCC1S2. The molecule has 30 heavy (non-hydrogen) atoms. The van der Waals surface area contributed by atoms with Crippen LogP contribution in [0.1, 0.15) is 29.6 Å². The molecule has 2 fully saturated rings. The van der Waals surface area contributed by atoms with Gasteiger partial charge in [-0.25, -0.2) is 13.2 Å². The Balaban J connectivity index is 1.85. The van der Waals surface area contributed by atoms with Crippen LogP contribution in [0.4, 0.5) is 13.2 Å². The number of rotatable bonds is 8. The molecule has 166 valence electrons. The van der Waals surface area contributed by atoms with Gasteiger partial charge in [0, 0.05) is 16.9 Å². The van der Waals surface area contributed by atoms with E-state index in [0.717, 1.165) is 31.0 Å². The van der Waals surface area contributed by atoms with E-state index in [2.05, 4.69) is 11.3 Å². The van der Waals surface area contributed by atoms with Crippen LogP contribution < -0.4 is 9.47 Å². The number of ether oxygens (including phenoxy) is 3. The van der Waals surface area contributed by atoms with Crippen LogP contribution in [0.2, 0.25) is 0 Å². The van der Waals surface area contributed by atoms with Gasteiger partial charge in [-0.15, -0.1) is 13.2 Å². The van der Waals surface area contributed by atoms with E-state index in [1.807, 2.05) is 0 Å². The molecule has 1 aromatic carbocycles. The van der Waals surface area contributed by atoms with Crippen LogP contribution in [0, 0.1) is 0 Å². The highest BCUT2D eigenvalue weighted by Gasteiger charge is 2.52. The fourth-order valence-electron chi connectivity index (χ4n) is 3.51. The van der Waals surface area contributed by atoms with Gasteiger partial charge in [0.1, 0.15) is 12.2 Å². The standard InChI is InChI=1S/C18H19F3O7S2/c1-2-17(10-12-4-6-15(17)29-12)27-14-9-11(3-5-13(14)28-18(19,20)21)16(22)26-7-8-30(23,24)25/h2-3,5,9,12,15H,1,4,6-8,10H2,(H,23,24,25)/p-1. The Hall–Kier alpha value is -1.92. The van der Waals surface area contributed by atoms with Crippen LogP contribution in [0.25, 0.3) is 0 Å². The van der Waals surface area contributed by atoms with Crippen molar-refractivity contribution in [1.82, 2.24) is 0 Å². The Kier molecular flexibility index (Phi) is 6.30. The molecule has 3 atom stereocenters. The van der Waals surface area contributed by atoms with Crippen molar-refractivity contribution >= 4 is 27.8 Å². The van der Waals surface area contributed by atoms with E-state index in [9.17, 15) is 30.9 Å². The summed E-state index contributed by atoms with van der Waals surface area (Å²) < 4.78 is 85.0. The zero-order valence-corrected chi connectivity index (χ0v) is 17.1. The van der Waals surface area contributed by atoms with Crippen molar-refractivity contribution < 1.29 is 45.1 Å². The molecular formula is C18H18F3O7S2-. The molecular weight excluding hydrogens is 449 g/mol. The quantitative estimate of drug-likeness (QED) is 0.326. The first-order chi connectivity index (χ1) is 13.9. The molecule has 2 saturated heterocycles. The summed E-state index contributed by atoms with van der Waals surface area (Å²) >= 11 is 1.69. The van der Waals surface area contributed by atoms with E-state index < -0.39 is 46.2 Å². The van der Waals surface area contributed by atoms with Gasteiger partial charge in [-0.2, -0.15) is 11.8 Å². The number of thioether (sulfide) groups is 1. The van der Waals surface area contributed by atoms with Crippen molar-refractivity contribution in [3.05, 3.63) is 36.4 Å². The van der Waals surface area contributed by atoms with Gasteiger partial charge >= 0.3 is 12.3 Å². The summed E-state index contributed by atoms with van der Waals surface area (Å²) in [5.74, 6) is -2.88. The van der Waals surface area contributed by atoms with Crippen molar-refractivity contribution in [2.75, 3.05) is 12.4 Å². The predicted molar refractivity (Wildman–Crippen MR) is 101 cm³/mol. The second-order valence-electron chi connectivity index (χ2n) is 6.90. The maximum Gasteiger partial charge on any atom is 0.573 e. The van der Waals surface area contributed by atoms with E-state index in [4.69, 9.17) is 9.47 Å². The Morgan fingerprint density at radius 1 is 1.33 bits per heavy atom. The van der Waals surface area contributed by atoms with Gasteiger partial charge in [0.2, 0.25) is 0 Å². The highest BCUT2D eigenvalue weighted by Crippen LogP contribution is 2.54. The second kappa shape index (κ2) is 8.31. The summed E-state index contributed by atoms with van der Waals surface area (Å²) in [7, 11) is -4.58. The highest BCUT2D eigenvalue weighted by molar-refractivity contribution is 8.01. The van der Waals surface area contributed by atoms with Gasteiger partial charge in [0.15, 0.2) is 11.5 Å². The largest absolute Gasteiger partial charge is 0.748 e. The number of hydrogen-bond acceptors (Lipinski definition) is 8. The molecule has 12 heteroatoms. The van der Waals surface area contributed by atoms with Crippen LogP contribution >= 0.6 is 11.8 Å². The predicted octanol–water partition coefficient (Wildman–Crippen LogP) is 3.26. The van der Waals surface area contributed by atoms with Crippen LogP contribution in [0.5, 0.6) is 11.5 Å². The maximum atomic E-state index is 12.8. The Labute approximate surface area is 175 Å². The highest BCUT2D eigenvalue weighted by atomic mass is 32.2. The van der Waals surface area contributed by atoms with Gasteiger partial charge in [-0.1, -0.05) is 6.58 Å². The van der Waals surface area contributed by atoms with Gasteiger partial charge in [0.05, 0.1) is 21.4 Å². The molecule has 0 N–H and O–H groups in total. The van der Waals surface area contributed by atoms with E-state index in [-0.39, 0.29) is 16.6 Å². The maximum absolute atomic E-state index is 12.8. The zero-order chi connectivity index (χ0) is 22.2. The number of fused-ring (bicyclic) bond motifs is 2. The lowest BCUT2D eigenvalue weighted by Gasteiger charge is -2.35. The van der Waals surface area contributed by atoms with E-state index in [1.165, 1.54) is 0 Å². The van der Waals surface area contributed by atoms with Crippen molar-refractivity contribution in [2.24, 2.45) is 0 Å². The van der Waals surface area contributed by atoms with Crippen LogP contribution in [0.15, 0.2) is 30.9 Å². The topological polar surface area (TPSA) is 102 Å². The average molecular weight is 467 g/mol. The van der Waals surface area contributed by atoms with Crippen LogP contribution in [-0.4, -0.2) is 53.8 Å². The van der Waals surface area contributed by atoms with E-state index in [0.29, 0.717) is 11.7 Å². The number of benzene rings is 1. The molecule has 0 spiro atoms. The first-order valence-corrected chi connectivity index (χ1v) is 11.4. The normalized spacial score (nSPS) is 25.7. The molecule has 0 amide bonds. The van der Waals surface area contributed by atoms with Crippen molar-refractivity contribution in [1.29, 1.82) is 0 Å². The van der Waals surface area contributed by atoms with Gasteiger partial charge in [0.25, 0.3) is 0 Å². The fraction of sp³-hybridized carbons (Fsp3) is 0.500. The van der Waals surface area contributed by atoms with E-state index >= 15 is 0 Å². The Bertz CT molecular complexity index is 932. The molecule has 0 aliphatic carbocycles. The number of carbonyl (C=O) groups is 1. The smallest absolute Gasteiger partial charge is 0.573 e. The molecule has 3 unspecified atom stereocenters. The number of esters is 1. The third kappa shape index (κ3) is 5.41. The zero-order valence-electron chi connectivity index (χ0n) is 15.5. The Morgan fingerprint density at radius 2 is 2.07 bits per heavy atom. The molecule has 0 aromatic heterocycles. The average Bonchev–Trinajstić information content (AvgIpc) is 3.22. The number of hydrogen-bond donors (Lipinski definition) is 0. The third-order valence-corrected chi connectivity index (χ3v) is 7.23. The number of carbonyl (C=O) groups excluding carboxylic acids is 1. The summed E-state index contributed by atoms with van der Waals surface area (Å²) in [5.41, 5.74) is -1.09. The van der Waals surface area contributed by atoms with Gasteiger partial charge in [-0.05, 0) is 37.1 Å². The molecule has 0 radical (unpaired) electrons. The minimum absolute atomic E-state index is 0.0107. The minimum atomic E-state index is -4.98. The van der Waals surface area contributed by atoms with Crippen LogP contribution in [-0.2, 0) is 14.9 Å².